The summed E-state index contributed by atoms with van der Waals surface area (Å²) >= 11 is 0. The van der Waals surface area contributed by atoms with Gasteiger partial charge in [0.25, 0.3) is 0 Å². The highest BCUT2D eigenvalue weighted by atomic mass is 16.4. The first kappa shape index (κ1) is 14.8. The van der Waals surface area contributed by atoms with Gasteiger partial charge >= 0.3 is 12.0 Å². The Kier molecular flexibility index (Phi) is 6.94. The van der Waals surface area contributed by atoms with Crippen LogP contribution in [0.15, 0.2) is 0 Å². The quantitative estimate of drug-likeness (QED) is 0.338. The maximum Gasteiger partial charge on any atom is 0.326 e. The summed E-state index contributed by atoms with van der Waals surface area (Å²) in [6, 6.07) is -1.79. The molecule has 0 heterocycles. The van der Waals surface area contributed by atoms with Gasteiger partial charge in [0.2, 0.25) is 5.91 Å². The monoisotopic (exact) mass is 241 g/mol. The molecule has 0 rings (SSSR count). The van der Waals surface area contributed by atoms with Crippen LogP contribution in [0.3, 0.4) is 0 Å². The number of urea groups is 1. The predicted molar refractivity (Wildman–Crippen MR) is 59.8 cm³/mol. The van der Waals surface area contributed by atoms with E-state index in [0.29, 0.717) is 6.42 Å². The van der Waals surface area contributed by atoms with Crippen molar-refractivity contribution in [1.29, 1.82) is 0 Å². The number of nitrogens with two attached hydrogens (primary N) is 1. The van der Waals surface area contributed by atoms with Gasteiger partial charge in [-0.25, -0.2) is 9.59 Å². The number of primary amides is 1. The van der Waals surface area contributed by atoms with Crippen LogP contribution in [-0.2, 0) is 9.59 Å². The van der Waals surface area contributed by atoms with Crippen molar-refractivity contribution in [1.82, 2.24) is 10.6 Å². The molecule has 5 N–H and O–H groups in total. The lowest BCUT2D eigenvalue weighted by molar-refractivity contribution is -0.139. The molecule has 0 saturated carbocycles. The summed E-state index contributed by atoms with van der Waals surface area (Å²) in [7, 11) is 0. The molecule has 0 spiro atoms. The van der Waals surface area contributed by atoms with Crippen molar-refractivity contribution >= 4 is 17.9 Å². The molecule has 0 bridgehead atoms. The highest BCUT2D eigenvalue weighted by Gasteiger charge is 2.19. The summed E-state index contributed by atoms with van der Waals surface area (Å²) in [6.45, 7) is 0.254. The molecule has 94 valence electrons. The zero-order chi connectivity index (χ0) is 13.3. The second kappa shape index (κ2) is 7.98. The summed E-state index contributed by atoms with van der Waals surface area (Å²) < 4.78 is 0. The van der Waals surface area contributed by atoms with Gasteiger partial charge < -0.3 is 21.5 Å². The first-order valence-corrected chi connectivity index (χ1v) is 4.96. The minimum atomic E-state index is -1.22. The lowest BCUT2D eigenvalue weighted by atomic mass is 10.1. The van der Waals surface area contributed by atoms with Crippen LogP contribution in [-0.4, -0.2) is 35.6 Å². The summed E-state index contributed by atoms with van der Waals surface area (Å²) in [5.41, 5.74) is 4.89. The SMILES string of the molecule is C#CCCNC(=O)NC(CCC(N)=O)C(=O)O. The van der Waals surface area contributed by atoms with Crippen molar-refractivity contribution in [2.45, 2.75) is 25.3 Å². The van der Waals surface area contributed by atoms with Gasteiger partial charge in [-0.3, -0.25) is 4.79 Å². The Balaban J connectivity index is 4.07. The second-order valence-electron chi connectivity index (χ2n) is 3.25. The smallest absolute Gasteiger partial charge is 0.326 e. The van der Waals surface area contributed by atoms with Crippen LogP contribution in [0.5, 0.6) is 0 Å². The van der Waals surface area contributed by atoms with Gasteiger partial charge in [0.05, 0.1) is 0 Å². The minimum Gasteiger partial charge on any atom is -0.480 e. The third-order valence-corrected chi connectivity index (χ3v) is 1.84. The minimum absolute atomic E-state index is 0.0484. The van der Waals surface area contributed by atoms with Gasteiger partial charge in [-0.2, -0.15) is 0 Å². The number of carboxylic acid groups (broad SMARTS) is 1. The number of terminal acetylenes is 1. The van der Waals surface area contributed by atoms with E-state index in [1.54, 1.807) is 0 Å². The average molecular weight is 241 g/mol. The Morgan fingerprint density at radius 3 is 2.53 bits per heavy atom. The Morgan fingerprint density at radius 2 is 2.06 bits per heavy atom. The van der Waals surface area contributed by atoms with Gasteiger partial charge in [-0.15, -0.1) is 12.3 Å². The number of amides is 3. The Bertz CT molecular complexity index is 335. The average Bonchev–Trinajstić information content (AvgIpc) is 2.23. The molecule has 1 unspecified atom stereocenters. The molecule has 0 aliphatic rings. The number of hydrogen-bond donors (Lipinski definition) is 4. The second-order valence-corrected chi connectivity index (χ2v) is 3.25. The summed E-state index contributed by atoms with van der Waals surface area (Å²) in [5, 5.41) is 13.4. The van der Waals surface area contributed by atoms with Crippen LogP contribution in [0.2, 0.25) is 0 Å². The molecule has 0 aromatic rings. The van der Waals surface area contributed by atoms with Gasteiger partial charge in [-0.1, -0.05) is 0 Å². The van der Waals surface area contributed by atoms with E-state index in [0.717, 1.165) is 0 Å². The van der Waals surface area contributed by atoms with E-state index < -0.39 is 23.9 Å². The standard InChI is InChI=1S/C10H15N3O4/c1-2-3-6-12-10(17)13-7(9(15)16)4-5-8(11)14/h1,7H,3-6H2,(H2,11,14)(H,15,16)(H2,12,13,17). The maximum absolute atomic E-state index is 11.2. The van der Waals surface area contributed by atoms with Crippen molar-refractivity contribution < 1.29 is 19.5 Å². The molecule has 7 nitrogen and oxygen atoms in total. The molecule has 3 amide bonds. The number of carbonyl (C=O) groups excluding carboxylic acids is 2. The van der Waals surface area contributed by atoms with Crippen LogP contribution in [0.1, 0.15) is 19.3 Å². The molecule has 0 aliphatic carbocycles. The fourth-order valence-corrected chi connectivity index (χ4v) is 1.00. The van der Waals surface area contributed by atoms with Crippen molar-refractivity contribution in [3.8, 4) is 12.3 Å². The number of carbonyl (C=O) groups is 3. The number of rotatable bonds is 7. The Labute approximate surface area is 98.7 Å². The molecule has 0 fully saturated rings. The topological polar surface area (TPSA) is 122 Å². The molecule has 17 heavy (non-hydrogen) atoms. The molecule has 0 aromatic carbocycles. The van der Waals surface area contributed by atoms with E-state index in [1.165, 1.54) is 0 Å². The normalized spacial score (nSPS) is 11.0. The molecule has 1 atom stereocenters. The van der Waals surface area contributed by atoms with Crippen molar-refractivity contribution in [3.63, 3.8) is 0 Å². The van der Waals surface area contributed by atoms with Gasteiger partial charge in [0.15, 0.2) is 0 Å². The zero-order valence-corrected chi connectivity index (χ0v) is 9.23. The van der Waals surface area contributed by atoms with Crippen LogP contribution in [0, 0.1) is 12.3 Å². The number of hydrogen-bond acceptors (Lipinski definition) is 3. The lowest BCUT2D eigenvalue weighted by Gasteiger charge is -2.13. The van der Waals surface area contributed by atoms with Crippen molar-refractivity contribution in [2.24, 2.45) is 5.73 Å². The lowest BCUT2D eigenvalue weighted by Crippen LogP contribution is -2.46. The van der Waals surface area contributed by atoms with Crippen LogP contribution in [0.25, 0.3) is 0 Å². The van der Waals surface area contributed by atoms with Gasteiger partial charge in [-0.05, 0) is 6.42 Å². The molecule has 7 heteroatoms. The maximum atomic E-state index is 11.2. The predicted octanol–water partition coefficient (Wildman–Crippen LogP) is -0.972. The third kappa shape index (κ3) is 7.67. The molecule has 0 aliphatic heterocycles. The largest absolute Gasteiger partial charge is 0.480 e. The first-order chi connectivity index (χ1) is 7.97. The van der Waals surface area contributed by atoms with Crippen molar-refractivity contribution in [2.75, 3.05) is 6.54 Å². The number of aliphatic carboxylic acids is 1. The van der Waals surface area contributed by atoms with E-state index in [9.17, 15) is 14.4 Å². The van der Waals surface area contributed by atoms with Gasteiger partial charge in [0, 0.05) is 19.4 Å². The summed E-state index contributed by atoms with van der Waals surface area (Å²) in [6.07, 6.45) is 5.17. The summed E-state index contributed by atoms with van der Waals surface area (Å²) in [4.78, 5) is 32.5. The fraction of sp³-hybridized carbons (Fsp3) is 0.500. The van der Waals surface area contributed by atoms with E-state index in [1.807, 2.05) is 0 Å². The van der Waals surface area contributed by atoms with E-state index in [4.69, 9.17) is 17.3 Å². The van der Waals surface area contributed by atoms with E-state index >= 15 is 0 Å². The molecule has 0 radical (unpaired) electrons. The van der Waals surface area contributed by atoms with Crippen molar-refractivity contribution in [3.05, 3.63) is 0 Å². The molecule has 0 aromatic heterocycles. The summed E-state index contributed by atoms with van der Waals surface area (Å²) in [5.74, 6) is 0.476. The van der Waals surface area contributed by atoms with Crippen LogP contribution >= 0.6 is 0 Å². The number of nitrogens with one attached hydrogen (secondary N) is 2. The highest BCUT2D eigenvalue weighted by molar-refractivity contribution is 5.83. The molecular weight excluding hydrogens is 226 g/mol. The Hall–Kier alpha value is -2.23. The Morgan fingerprint density at radius 1 is 1.41 bits per heavy atom. The molecule has 0 saturated heterocycles. The molecular formula is C10H15N3O4. The third-order valence-electron chi connectivity index (χ3n) is 1.84. The van der Waals surface area contributed by atoms with Crippen LogP contribution < -0.4 is 16.4 Å². The number of carboxylic acids is 1. The fourth-order valence-electron chi connectivity index (χ4n) is 1.00. The highest BCUT2D eigenvalue weighted by Crippen LogP contribution is 1.97. The van der Waals surface area contributed by atoms with E-state index in [2.05, 4.69) is 16.6 Å². The zero-order valence-electron chi connectivity index (χ0n) is 9.23. The first-order valence-electron chi connectivity index (χ1n) is 4.96. The van der Waals surface area contributed by atoms with E-state index in [-0.39, 0.29) is 19.4 Å². The van der Waals surface area contributed by atoms with Crippen LogP contribution in [0.4, 0.5) is 4.79 Å². The van der Waals surface area contributed by atoms with Gasteiger partial charge in [0.1, 0.15) is 6.04 Å².